The molecule has 0 bridgehead atoms. The third kappa shape index (κ3) is 3.35. The number of rotatable bonds is 4. The standard InChI is InChI=1S/C17H12ClNO2S/c18-15-9-5-4-8-14(15)16-19-13(11-22-16)10-21-17(20)12-6-2-1-3-7-12/h1-9,11H,10H2. The van der Waals surface area contributed by atoms with E-state index in [4.69, 9.17) is 16.3 Å². The fourth-order valence-corrected chi connectivity index (χ4v) is 3.05. The lowest BCUT2D eigenvalue weighted by Crippen LogP contribution is -2.05. The Morgan fingerprint density at radius 3 is 2.59 bits per heavy atom. The lowest BCUT2D eigenvalue weighted by molar-refractivity contribution is 0.0468. The topological polar surface area (TPSA) is 39.2 Å². The van der Waals surface area contributed by atoms with E-state index in [2.05, 4.69) is 4.98 Å². The van der Waals surface area contributed by atoms with Crippen LogP contribution in [0.3, 0.4) is 0 Å². The second kappa shape index (κ2) is 6.73. The molecule has 0 saturated carbocycles. The third-order valence-electron chi connectivity index (χ3n) is 3.02. The minimum absolute atomic E-state index is 0.148. The van der Waals surface area contributed by atoms with Crippen molar-refractivity contribution in [1.82, 2.24) is 4.98 Å². The van der Waals surface area contributed by atoms with E-state index < -0.39 is 0 Å². The minimum Gasteiger partial charge on any atom is -0.456 e. The summed E-state index contributed by atoms with van der Waals surface area (Å²) < 4.78 is 5.27. The van der Waals surface area contributed by atoms with Crippen LogP contribution in [0.25, 0.3) is 10.6 Å². The molecule has 3 rings (SSSR count). The average Bonchev–Trinajstić information content (AvgIpc) is 3.02. The number of aromatic nitrogens is 1. The molecule has 0 aliphatic carbocycles. The number of nitrogens with zero attached hydrogens (tertiary/aromatic N) is 1. The zero-order chi connectivity index (χ0) is 15.4. The molecule has 5 heteroatoms. The summed E-state index contributed by atoms with van der Waals surface area (Å²) in [6.07, 6.45) is 0. The maximum Gasteiger partial charge on any atom is 0.338 e. The molecule has 1 heterocycles. The van der Waals surface area contributed by atoms with Crippen molar-refractivity contribution < 1.29 is 9.53 Å². The summed E-state index contributed by atoms with van der Waals surface area (Å²) in [5.74, 6) is -0.354. The molecule has 0 radical (unpaired) electrons. The lowest BCUT2D eigenvalue weighted by atomic mass is 10.2. The van der Waals surface area contributed by atoms with Gasteiger partial charge in [0.25, 0.3) is 0 Å². The van der Waals surface area contributed by atoms with Gasteiger partial charge in [-0.25, -0.2) is 9.78 Å². The van der Waals surface area contributed by atoms with Crippen LogP contribution in [0.5, 0.6) is 0 Å². The first kappa shape index (κ1) is 14.8. The molecule has 0 atom stereocenters. The molecule has 3 nitrogen and oxygen atoms in total. The number of halogens is 1. The van der Waals surface area contributed by atoms with Crippen molar-refractivity contribution in [1.29, 1.82) is 0 Å². The number of esters is 1. The van der Waals surface area contributed by atoms with Gasteiger partial charge in [-0.2, -0.15) is 0 Å². The maximum atomic E-state index is 11.9. The molecule has 22 heavy (non-hydrogen) atoms. The van der Waals surface area contributed by atoms with E-state index in [1.807, 2.05) is 35.7 Å². The molecule has 0 aliphatic rings. The molecule has 0 fully saturated rings. The van der Waals surface area contributed by atoms with E-state index in [1.54, 1.807) is 24.3 Å². The normalized spacial score (nSPS) is 10.4. The summed E-state index contributed by atoms with van der Waals surface area (Å²) in [5, 5.41) is 3.35. The van der Waals surface area contributed by atoms with Gasteiger partial charge in [-0.15, -0.1) is 11.3 Å². The van der Waals surface area contributed by atoms with Crippen LogP contribution < -0.4 is 0 Å². The van der Waals surface area contributed by atoms with Crippen LogP contribution in [0.1, 0.15) is 16.1 Å². The summed E-state index contributed by atoms with van der Waals surface area (Å²) in [6.45, 7) is 0.148. The summed E-state index contributed by atoms with van der Waals surface area (Å²) in [4.78, 5) is 16.3. The van der Waals surface area contributed by atoms with Gasteiger partial charge in [-0.3, -0.25) is 0 Å². The van der Waals surface area contributed by atoms with Gasteiger partial charge in [-0.05, 0) is 18.2 Å². The summed E-state index contributed by atoms with van der Waals surface area (Å²) in [5.41, 5.74) is 2.13. The molecule has 0 amide bonds. The number of hydrogen-bond donors (Lipinski definition) is 0. The molecular formula is C17H12ClNO2S. The van der Waals surface area contributed by atoms with Crippen molar-refractivity contribution >= 4 is 28.9 Å². The average molecular weight is 330 g/mol. The second-order valence-electron chi connectivity index (χ2n) is 4.57. The first-order valence-electron chi connectivity index (χ1n) is 6.65. The Kier molecular flexibility index (Phi) is 4.51. The fourth-order valence-electron chi connectivity index (χ4n) is 1.93. The van der Waals surface area contributed by atoms with Gasteiger partial charge < -0.3 is 4.74 Å². The van der Waals surface area contributed by atoms with E-state index in [0.29, 0.717) is 16.3 Å². The predicted molar refractivity (Wildman–Crippen MR) is 88.1 cm³/mol. The monoisotopic (exact) mass is 329 g/mol. The molecule has 1 aromatic heterocycles. The zero-order valence-corrected chi connectivity index (χ0v) is 13.1. The molecule has 2 aromatic carbocycles. The number of carbonyl (C=O) groups excluding carboxylic acids is 1. The van der Waals surface area contributed by atoms with E-state index in [-0.39, 0.29) is 12.6 Å². The molecule has 110 valence electrons. The highest BCUT2D eigenvalue weighted by atomic mass is 35.5. The highest BCUT2D eigenvalue weighted by molar-refractivity contribution is 7.13. The van der Waals surface area contributed by atoms with Gasteiger partial charge in [0.1, 0.15) is 11.6 Å². The van der Waals surface area contributed by atoms with Crippen molar-refractivity contribution in [3.05, 3.63) is 76.3 Å². The number of benzene rings is 2. The van der Waals surface area contributed by atoms with Crippen molar-refractivity contribution in [2.75, 3.05) is 0 Å². The number of hydrogen-bond acceptors (Lipinski definition) is 4. The number of carbonyl (C=O) groups is 1. The Morgan fingerprint density at radius 1 is 1.09 bits per heavy atom. The summed E-state index contributed by atoms with van der Waals surface area (Å²) >= 11 is 7.63. The molecule has 0 spiro atoms. The second-order valence-corrected chi connectivity index (χ2v) is 5.83. The fraction of sp³-hybridized carbons (Fsp3) is 0.0588. The van der Waals surface area contributed by atoms with E-state index in [9.17, 15) is 4.79 Å². The van der Waals surface area contributed by atoms with Crippen molar-refractivity contribution in [3.8, 4) is 10.6 Å². The summed E-state index contributed by atoms with van der Waals surface area (Å²) in [7, 11) is 0. The lowest BCUT2D eigenvalue weighted by Gasteiger charge is -2.02. The molecule has 0 saturated heterocycles. The first-order chi connectivity index (χ1) is 10.7. The van der Waals surface area contributed by atoms with Crippen LogP contribution in [-0.2, 0) is 11.3 Å². The Balaban J connectivity index is 1.68. The molecule has 3 aromatic rings. The molecule has 0 aliphatic heterocycles. The SMILES string of the molecule is O=C(OCc1csc(-c2ccccc2Cl)n1)c1ccccc1. The van der Waals surface area contributed by atoms with Gasteiger partial charge in [0.15, 0.2) is 0 Å². The zero-order valence-electron chi connectivity index (χ0n) is 11.5. The van der Waals surface area contributed by atoms with Crippen molar-refractivity contribution in [2.45, 2.75) is 6.61 Å². The highest BCUT2D eigenvalue weighted by Crippen LogP contribution is 2.30. The first-order valence-corrected chi connectivity index (χ1v) is 7.91. The van der Waals surface area contributed by atoms with E-state index in [1.165, 1.54) is 11.3 Å². The predicted octanol–water partition coefficient (Wildman–Crippen LogP) is 4.82. The number of thiazole rings is 1. The maximum absolute atomic E-state index is 11.9. The summed E-state index contributed by atoms with van der Waals surface area (Å²) in [6, 6.07) is 16.4. The van der Waals surface area contributed by atoms with Gasteiger partial charge in [0.2, 0.25) is 0 Å². The smallest absolute Gasteiger partial charge is 0.338 e. The Bertz CT molecular complexity index is 786. The van der Waals surface area contributed by atoms with Crippen LogP contribution in [0.2, 0.25) is 5.02 Å². The van der Waals surface area contributed by atoms with Crippen LogP contribution >= 0.6 is 22.9 Å². The highest BCUT2D eigenvalue weighted by Gasteiger charge is 2.10. The van der Waals surface area contributed by atoms with Crippen molar-refractivity contribution in [2.24, 2.45) is 0 Å². The van der Waals surface area contributed by atoms with Gasteiger partial charge in [-0.1, -0.05) is 48.0 Å². The largest absolute Gasteiger partial charge is 0.456 e. The van der Waals surface area contributed by atoms with Crippen LogP contribution in [-0.4, -0.2) is 11.0 Å². The van der Waals surface area contributed by atoms with Gasteiger partial charge in [0, 0.05) is 10.9 Å². The van der Waals surface area contributed by atoms with E-state index in [0.717, 1.165) is 10.6 Å². The Labute approximate surface area is 137 Å². The van der Waals surface area contributed by atoms with E-state index >= 15 is 0 Å². The minimum atomic E-state index is -0.354. The quantitative estimate of drug-likeness (QED) is 0.644. The van der Waals surface area contributed by atoms with Crippen LogP contribution in [0.4, 0.5) is 0 Å². The molecule has 0 unspecified atom stereocenters. The third-order valence-corrected chi connectivity index (χ3v) is 4.27. The Morgan fingerprint density at radius 2 is 1.82 bits per heavy atom. The number of ether oxygens (including phenoxy) is 1. The van der Waals surface area contributed by atoms with Gasteiger partial charge in [0.05, 0.1) is 16.3 Å². The Hall–Kier alpha value is -2.17. The van der Waals surface area contributed by atoms with Gasteiger partial charge >= 0.3 is 5.97 Å². The molecular weight excluding hydrogens is 318 g/mol. The van der Waals surface area contributed by atoms with Crippen LogP contribution in [0, 0.1) is 0 Å². The van der Waals surface area contributed by atoms with Crippen LogP contribution in [0.15, 0.2) is 60.0 Å². The molecule has 0 N–H and O–H groups in total. The van der Waals surface area contributed by atoms with Crippen molar-refractivity contribution in [3.63, 3.8) is 0 Å².